The Morgan fingerprint density at radius 2 is 1.58 bits per heavy atom. The third-order valence-electron chi connectivity index (χ3n) is 4.36. The van der Waals surface area contributed by atoms with Gasteiger partial charge in [-0.1, -0.05) is 44.2 Å². The molecule has 0 bridgehead atoms. The first-order valence-electron chi connectivity index (χ1n) is 10.7. The molecule has 8 heteroatoms. The van der Waals surface area contributed by atoms with E-state index in [0.717, 1.165) is 5.56 Å². The molecular weight excluding hydrogens is 398 g/mol. The van der Waals surface area contributed by atoms with E-state index in [1.54, 1.807) is 27.7 Å². The zero-order valence-corrected chi connectivity index (χ0v) is 19.4. The van der Waals surface area contributed by atoms with Crippen LogP contribution >= 0.6 is 0 Å². The summed E-state index contributed by atoms with van der Waals surface area (Å²) >= 11 is 0. The largest absolute Gasteiger partial charge is 0.444 e. The van der Waals surface area contributed by atoms with Crippen molar-refractivity contribution < 1.29 is 24.2 Å². The lowest BCUT2D eigenvalue weighted by molar-refractivity contribution is -0.130. The molecule has 0 aliphatic rings. The number of hydrogen-bond acceptors (Lipinski definition) is 5. The summed E-state index contributed by atoms with van der Waals surface area (Å²) in [6.07, 6.45) is 0.157. The van der Waals surface area contributed by atoms with Crippen molar-refractivity contribution in [2.45, 2.75) is 78.1 Å². The molecule has 4 N–H and O–H groups in total. The summed E-state index contributed by atoms with van der Waals surface area (Å²) in [5.41, 5.74) is 0.147. The van der Waals surface area contributed by atoms with Crippen LogP contribution < -0.4 is 16.0 Å². The highest BCUT2D eigenvalue weighted by molar-refractivity contribution is 5.91. The number of hydrogen-bond donors (Lipinski definition) is 4. The fraction of sp³-hybridized carbons (Fsp3) is 0.609. The topological polar surface area (TPSA) is 117 Å². The lowest BCUT2D eigenvalue weighted by atomic mass is 10.0. The number of rotatable bonds is 10. The van der Waals surface area contributed by atoms with Gasteiger partial charge >= 0.3 is 6.09 Å². The lowest BCUT2D eigenvalue weighted by Crippen LogP contribution is -2.55. The van der Waals surface area contributed by atoms with Crippen LogP contribution in [-0.4, -0.2) is 53.3 Å². The van der Waals surface area contributed by atoms with Gasteiger partial charge < -0.3 is 25.8 Å². The number of carbonyl (C=O) groups is 3. The molecule has 8 nitrogen and oxygen atoms in total. The quantitative estimate of drug-likeness (QED) is 0.449. The molecule has 1 aromatic carbocycles. The molecule has 1 aromatic rings. The van der Waals surface area contributed by atoms with Crippen molar-refractivity contribution in [3.63, 3.8) is 0 Å². The van der Waals surface area contributed by atoms with Crippen LogP contribution in [0, 0.1) is 5.92 Å². The molecule has 0 aromatic heterocycles. The van der Waals surface area contributed by atoms with Crippen LogP contribution in [-0.2, 0) is 20.7 Å². The molecule has 31 heavy (non-hydrogen) atoms. The minimum atomic E-state index is -0.920. The standard InChI is InChI=1S/C23H37N3O5/c1-15(2)12-18(14-27)25-20(28)16(3)24-21(29)19(13-17-10-8-7-9-11-17)26-22(30)31-23(4,5)6/h7-11,15-16,18-19,27H,12-14H2,1-6H3,(H,24,29)(H,25,28)(H,26,30)/t16-,18-,19-/m0/s1. The van der Waals surface area contributed by atoms with Gasteiger partial charge in [-0.2, -0.15) is 0 Å². The lowest BCUT2D eigenvalue weighted by Gasteiger charge is -2.25. The van der Waals surface area contributed by atoms with Crippen molar-refractivity contribution in [3.8, 4) is 0 Å². The number of aliphatic hydroxyl groups is 1. The molecule has 1 rings (SSSR count). The summed E-state index contributed by atoms with van der Waals surface area (Å²) < 4.78 is 5.28. The number of ether oxygens (including phenoxy) is 1. The average molecular weight is 436 g/mol. The van der Waals surface area contributed by atoms with Crippen LogP contribution in [0.2, 0.25) is 0 Å². The molecule has 0 saturated heterocycles. The Morgan fingerprint density at radius 3 is 2.10 bits per heavy atom. The summed E-state index contributed by atoms with van der Waals surface area (Å²) in [7, 11) is 0. The van der Waals surface area contributed by atoms with Gasteiger partial charge in [0.15, 0.2) is 0 Å². The summed E-state index contributed by atoms with van der Waals surface area (Å²) in [5, 5.41) is 17.5. The van der Waals surface area contributed by atoms with Gasteiger partial charge in [0.1, 0.15) is 17.7 Å². The Balaban J connectivity index is 2.82. The Morgan fingerprint density at radius 1 is 0.968 bits per heavy atom. The maximum Gasteiger partial charge on any atom is 0.408 e. The number of benzene rings is 1. The molecule has 0 aliphatic heterocycles. The summed E-state index contributed by atoms with van der Waals surface area (Å²) in [6.45, 7) is 10.6. The first kappa shape index (κ1) is 26.4. The SMILES string of the molecule is CC(C)C[C@@H](CO)NC(=O)[C@H](C)NC(=O)[C@H](Cc1ccccc1)NC(=O)OC(C)(C)C. The first-order valence-corrected chi connectivity index (χ1v) is 10.7. The van der Waals surface area contributed by atoms with E-state index < -0.39 is 35.6 Å². The van der Waals surface area contributed by atoms with Gasteiger partial charge in [-0.05, 0) is 45.6 Å². The smallest absolute Gasteiger partial charge is 0.408 e. The molecule has 0 spiro atoms. The molecule has 0 heterocycles. The molecule has 0 aliphatic carbocycles. The second-order valence-electron chi connectivity index (χ2n) is 9.14. The fourth-order valence-electron chi connectivity index (χ4n) is 2.96. The van der Waals surface area contributed by atoms with E-state index in [1.165, 1.54) is 0 Å². The number of amides is 3. The van der Waals surface area contributed by atoms with E-state index in [9.17, 15) is 19.5 Å². The number of aliphatic hydroxyl groups excluding tert-OH is 1. The van der Waals surface area contributed by atoms with Crippen LogP contribution in [0.1, 0.15) is 53.5 Å². The first-order chi connectivity index (χ1) is 14.4. The Labute approximate surface area is 185 Å². The van der Waals surface area contributed by atoms with Crippen LogP contribution in [0.4, 0.5) is 4.79 Å². The molecule has 174 valence electrons. The van der Waals surface area contributed by atoms with Crippen molar-refractivity contribution in [1.82, 2.24) is 16.0 Å². The monoisotopic (exact) mass is 435 g/mol. The molecule has 0 radical (unpaired) electrons. The summed E-state index contributed by atoms with van der Waals surface area (Å²) in [5.74, 6) is -0.596. The second-order valence-corrected chi connectivity index (χ2v) is 9.14. The van der Waals surface area contributed by atoms with Crippen molar-refractivity contribution in [1.29, 1.82) is 0 Å². The minimum Gasteiger partial charge on any atom is -0.444 e. The highest BCUT2D eigenvalue weighted by atomic mass is 16.6. The van der Waals surface area contributed by atoms with Gasteiger partial charge in [0, 0.05) is 6.42 Å². The maximum absolute atomic E-state index is 12.9. The molecule has 0 unspecified atom stereocenters. The summed E-state index contributed by atoms with van der Waals surface area (Å²) in [4.78, 5) is 37.6. The average Bonchev–Trinajstić information content (AvgIpc) is 2.65. The van der Waals surface area contributed by atoms with Crippen molar-refractivity contribution in [2.75, 3.05) is 6.61 Å². The zero-order valence-electron chi connectivity index (χ0n) is 19.4. The van der Waals surface area contributed by atoms with Gasteiger partial charge in [-0.25, -0.2) is 4.79 Å². The Hall–Kier alpha value is -2.61. The van der Waals surface area contributed by atoms with Crippen LogP contribution in [0.15, 0.2) is 30.3 Å². The van der Waals surface area contributed by atoms with E-state index in [2.05, 4.69) is 16.0 Å². The van der Waals surface area contributed by atoms with Gasteiger partial charge in [-0.3, -0.25) is 9.59 Å². The van der Waals surface area contributed by atoms with E-state index in [4.69, 9.17) is 4.74 Å². The van der Waals surface area contributed by atoms with E-state index in [-0.39, 0.29) is 19.1 Å². The van der Waals surface area contributed by atoms with Crippen LogP contribution in [0.5, 0.6) is 0 Å². The Bertz CT molecular complexity index is 716. The van der Waals surface area contributed by atoms with Gasteiger partial charge in [0.25, 0.3) is 0 Å². The number of alkyl carbamates (subject to hydrolysis) is 1. The van der Waals surface area contributed by atoms with E-state index in [0.29, 0.717) is 12.3 Å². The predicted octanol–water partition coefficient (Wildman–Crippen LogP) is 2.15. The van der Waals surface area contributed by atoms with Crippen molar-refractivity contribution >= 4 is 17.9 Å². The maximum atomic E-state index is 12.9. The van der Waals surface area contributed by atoms with E-state index >= 15 is 0 Å². The van der Waals surface area contributed by atoms with Crippen molar-refractivity contribution in [2.24, 2.45) is 5.92 Å². The third kappa shape index (κ3) is 10.8. The van der Waals surface area contributed by atoms with Crippen LogP contribution in [0.3, 0.4) is 0 Å². The summed E-state index contributed by atoms with van der Waals surface area (Å²) in [6, 6.07) is 7.11. The van der Waals surface area contributed by atoms with E-state index in [1.807, 2.05) is 44.2 Å². The van der Waals surface area contributed by atoms with Crippen LogP contribution in [0.25, 0.3) is 0 Å². The fourth-order valence-corrected chi connectivity index (χ4v) is 2.96. The molecular formula is C23H37N3O5. The number of nitrogens with one attached hydrogen (secondary N) is 3. The molecule has 0 fully saturated rings. The third-order valence-corrected chi connectivity index (χ3v) is 4.36. The van der Waals surface area contributed by atoms with Gasteiger partial charge in [0.05, 0.1) is 12.6 Å². The number of carbonyl (C=O) groups excluding carboxylic acids is 3. The normalized spacial score (nSPS) is 14.3. The van der Waals surface area contributed by atoms with Gasteiger partial charge in [0.2, 0.25) is 11.8 Å². The minimum absolute atomic E-state index is 0.179. The highest BCUT2D eigenvalue weighted by Gasteiger charge is 2.27. The van der Waals surface area contributed by atoms with Gasteiger partial charge in [-0.15, -0.1) is 0 Å². The van der Waals surface area contributed by atoms with Crippen molar-refractivity contribution in [3.05, 3.63) is 35.9 Å². The second kappa shape index (κ2) is 12.3. The highest BCUT2D eigenvalue weighted by Crippen LogP contribution is 2.09. The molecule has 3 amide bonds. The molecule has 3 atom stereocenters. The predicted molar refractivity (Wildman–Crippen MR) is 119 cm³/mol. The molecule has 0 saturated carbocycles. The zero-order chi connectivity index (χ0) is 23.6. The Kier molecular flexibility index (Phi) is 10.5.